The maximum atomic E-state index is 13.8. The number of likely N-dealkylation sites (tertiary alicyclic amines) is 1. The molecule has 2 aromatic heterocycles. The Labute approximate surface area is 156 Å². The molecule has 3 aromatic rings. The molecule has 0 radical (unpaired) electrons. The molecule has 6 nitrogen and oxygen atoms in total. The van der Waals surface area contributed by atoms with Gasteiger partial charge in [0, 0.05) is 25.2 Å². The summed E-state index contributed by atoms with van der Waals surface area (Å²) in [5.41, 5.74) is 1.04. The Kier molecular flexibility index (Phi) is 4.91. The number of pyridine rings is 1. The van der Waals surface area contributed by atoms with Gasteiger partial charge in [0.1, 0.15) is 11.5 Å². The fraction of sp³-hybridized carbons (Fsp3) is 0.300. The SMILES string of the molecule is O=C(Cc1ccccc1F)N1CCCC(c2noc(-c3ccccn3)n2)C1. The molecule has 1 aromatic carbocycles. The third-order valence-corrected chi connectivity index (χ3v) is 4.76. The molecule has 0 bridgehead atoms. The van der Waals surface area contributed by atoms with Crippen molar-refractivity contribution < 1.29 is 13.7 Å². The maximum absolute atomic E-state index is 13.8. The minimum absolute atomic E-state index is 0.00420. The number of amides is 1. The molecular formula is C20H19FN4O2. The second-order valence-corrected chi connectivity index (χ2v) is 6.62. The Morgan fingerprint density at radius 1 is 1.22 bits per heavy atom. The molecule has 1 atom stereocenters. The lowest BCUT2D eigenvalue weighted by molar-refractivity contribution is -0.131. The third-order valence-electron chi connectivity index (χ3n) is 4.76. The first-order valence-electron chi connectivity index (χ1n) is 8.97. The van der Waals surface area contributed by atoms with Crippen LogP contribution in [0.4, 0.5) is 4.39 Å². The van der Waals surface area contributed by atoms with Gasteiger partial charge in [0.25, 0.3) is 5.89 Å². The van der Waals surface area contributed by atoms with E-state index < -0.39 is 0 Å². The lowest BCUT2D eigenvalue weighted by Gasteiger charge is -2.31. The van der Waals surface area contributed by atoms with Gasteiger partial charge in [-0.15, -0.1) is 0 Å². The smallest absolute Gasteiger partial charge is 0.276 e. The predicted octanol–water partition coefficient (Wildman–Crippen LogP) is 3.22. The number of piperidine rings is 1. The van der Waals surface area contributed by atoms with Crippen LogP contribution in [0.15, 0.2) is 53.2 Å². The van der Waals surface area contributed by atoms with Crippen molar-refractivity contribution in [2.24, 2.45) is 0 Å². The van der Waals surface area contributed by atoms with E-state index in [1.807, 2.05) is 18.2 Å². The highest BCUT2D eigenvalue weighted by atomic mass is 19.1. The average Bonchev–Trinajstić information content (AvgIpc) is 3.21. The van der Waals surface area contributed by atoms with E-state index in [4.69, 9.17) is 4.52 Å². The zero-order valence-corrected chi connectivity index (χ0v) is 14.7. The summed E-state index contributed by atoms with van der Waals surface area (Å²) >= 11 is 0. The van der Waals surface area contributed by atoms with Crippen LogP contribution in [0.5, 0.6) is 0 Å². The highest BCUT2D eigenvalue weighted by molar-refractivity contribution is 5.79. The third kappa shape index (κ3) is 3.86. The second-order valence-electron chi connectivity index (χ2n) is 6.62. The van der Waals surface area contributed by atoms with Crippen LogP contribution in [0.1, 0.15) is 30.1 Å². The second kappa shape index (κ2) is 7.65. The molecule has 4 rings (SSSR count). The van der Waals surface area contributed by atoms with Crippen molar-refractivity contribution in [1.29, 1.82) is 0 Å². The zero-order valence-electron chi connectivity index (χ0n) is 14.7. The van der Waals surface area contributed by atoms with Crippen LogP contribution in [-0.2, 0) is 11.2 Å². The first kappa shape index (κ1) is 17.3. The molecule has 1 aliphatic rings. The number of halogens is 1. The molecule has 0 aliphatic carbocycles. The van der Waals surface area contributed by atoms with Crippen molar-refractivity contribution in [3.63, 3.8) is 0 Å². The number of aromatic nitrogens is 3. The number of benzene rings is 1. The summed E-state index contributed by atoms with van der Waals surface area (Å²) in [6.07, 6.45) is 3.46. The van der Waals surface area contributed by atoms with E-state index in [-0.39, 0.29) is 24.1 Å². The van der Waals surface area contributed by atoms with Gasteiger partial charge >= 0.3 is 0 Å². The van der Waals surface area contributed by atoms with Gasteiger partial charge in [-0.1, -0.05) is 29.4 Å². The molecule has 3 heterocycles. The Hall–Kier alpha value is -3.09. The summed E-state index contributed by atoms with van der Waals surface area (Å²) < 4.78 is 19.1. The monoisotopic (exact) mass is 366 g/mol. The summed E-state index contributed by atoms with van der Waals surface area (Å²) in [5, 5.41) is 4.08. The Balaban J connectivity index is 1.45. The number of carbonyl (C=O) groups excluding carboxylic acids is 1. The summed E-state index contributed by atoms with van der Waals surface area (Å²) in [7, 11) is 0. The molecule has 1 saturated heterocycles. The van der Waals surface area contributed by atoms with E-state index in [9.17, 15) is 9.18 Å². The molecule has 1 unspecified atom stereocenters. The van der Waals surface area contributed by atoms with Gasteiger partial charge in [0.05, 0.1) is 6.42 Å². The molecule has 0 N–H and O–H groups in total. The van der Waals surface area contributed by atoms with Crippen LogP contribution in [0.25, 0.3) is 11.6 Å². The molecule has 138 valence electrons. The lowest BCUT2D eigenvalue weighted by Crippen LogP contribution is -2.40. The van der Waals surface area contributed by atoms with E-state index in [1.54, 1.807) is 29.3 Å². The van der Waals surface area contributed by atoms with E-state index >= 15 is 0 Å². The predicted molar refractivity (Wildman–Crippen MR) is 96.2 cm³/mol. The van der Waals surface area contributed by atoms with Gasteiger partial charge in [0.15, 0.2) is 5.82 Å². The Morgan fingerprint density at radius 3 is 2.89 bits per heavy atom. The molecule has 1 aliphatic heterocycles. The fourth-order valence-corrected chi connectivity index (χ4v) is 3.32. The Bertz CT molecular complexity index is 928. The first-order valence-corrected chi connectivity index (χ1v) is 8.97. The standard InChI is InChI=1S/C20H19FN4O2/c21-16-8-2-1-6-14(16)12-18(26)25-11-5-7-15(13-25)19-23-20(27-24-19)17-9-3-4-10-22-17/h1-4,6,8-10,15H,5,7,11-13H2. The molecule has 27 heavy (non-hydrogen) atoms. The van der Waals surface area contributed by atoms with Crippen LogP contribution in [0.3, 0.4) is 0 Å². The lowest BCUT2D eigenvalue weighted by atomic mass is 9.96. The van der Waals surface area contributed by atoms with Crippen LogP contribution in [0, 0.1) is 5.82 Å². The molecule has 7 heteroatoms. The van der Waals surface area contributed by atoms with E-state index in [2.05, 4.69) is 15.1 Å². The van der Waals surface area contributed by atoms with Crippen LogP contribution in [-0.4, -0.2) is 39.0 Å². The largest absolute Gasteiger partial charge is 0.342 e. The minimum Gasteiger partial charge on any atom is -0.342 e. The average molecular weight is 366 g/mol. The van der Waals surface area contributed by atoms with Crippen LogP contribution >= 0.6 is 0 Å². The van der Waals surface area contributed by atoms with Gasteiger partial charge in [-0.2, -0.15) is 4.98 Å². The number of hydrogen-bond donors (Lipinski definition) is 0. The highest BCUT2D eigenvalue weighted by Gasteiger charge is 2.28. The number of nitrogens with zero attached hydrogens (tertiary/aromatic N) is 4. The van der Waals surface area contributed by atoms with Crippen LogP contribution < -0.4 is 0 Å². The van der Waals surface area contributed by atoms with E-state index in [0.717, 1.165) is 12.8 Å². The zero-order chi connectivity index (χ0) is 18.6. The van der Waals surface area contributed by atoms with E-state index in [1.165, 1.54) is 6.07 Å². The first-order chi connectivity index (χ1) is 13.2. The molecular weight excluding hydrogens is 347 g/mol. The molecule has 0 saturated carbocycles. The van der Waals surface area contributed by atoms with Gasteiger partial charge in [-0.05, 0) is 36.6 Å². The molecule has 1 fully saturated rings. The number of rotatable bonds is 4. The topological polar surface area (TPSA) is 72.1 Å². The van der Waals surface area contributed by atoms with Crippen molar-refractivity contribution >= 4 is 5.91 Å². The maximum Gasteiger partial charge on any atom is 0.276 e. The van der Waals surface area contributed by atoms with Crippen LogP contribution in [0.2, 0.25) is 0 Å². The summed E-state index contributed by atoms with van der Waals surface area (Å²) in [6, 6.07) is 11.9. The van der Waals surface area contributed by atoms with Crippen molar-refractivity contribution in [2.75, 3.05) is 13.1 Å². The highest BCUT2D eigenvalue weighted by Crippen LogP contribution is 2.27. The summed E-state index contributed by atoms with van der Waals surface area (Å²) in [4.78, 5) is 23.0. The van der Waals surface area contributed by atoms with Crippen molar-refractivity contribution in [1.82, 2.24) is 20.0 Å². The van der Waals surface area contributed by atoms with Crippen molar-refractivity contribution in [3.8, 4) is 11.6 Å². The van der Waals surface area contributed by atoms with E-state index in [0.29, 0.717) is 36.1 Å². The van der Waals surface area contributed by atoms with Gasteiger partial charge < -0.3 is 9.42 Å². The summed E-state index contributed by atoms with van der Waals surface area (Å²) in [6.45, 7) is 1.17. The summed E-state index contributed by atoms with van der Waals surface area (Å²) in [5.74, 6) is 0.528. The van der Waals surface area contributed by atoms with Crippen molar-refractivity contribution in [3.05, 3.63) is 65.9 Å². The van der Waals surface area contributed by atoms with Crippen molar-refractivity contribution in [2.45, 2.75) is 25.2 Å². The normalized spacial score (nSPS) is 17.1. The molecule has 1 amide bonds. The quantitative estimate of drug-likeness (QED) is 0.709. The van der Waals surface area contributed by atoms with Gasteiger partial charge in [0.2, 0.25) is 5.91 Å². The molecule has 0 spiro atoms. The Morgan fingerprint density at radius 2 is 2.07 bits per heavy atom. The van der Waals surface area contributed by atoms with Gasteiger partial charge in [-0.3, -0.25) is 9.78 Å². The minimum atomic E-state index is -0.349. The van der Waals surface area contributed by atoms with Gasteiger partial charge in [-0.25, -0.2) is 4.39 Å². The number of carbonyl (C=O) groups is 1. The fourth-order valence-electron chi connectivity index (χ4n) is 3.32. The number of hydrogen-bond acceptors (Lipinski definition) is 5.